The van der Waals surface area contributed by atoms with E-state index in [0.717, 1.165) is 16.3 Å². The van der Waals surface area contributed by atoms with Crippen molar-refractivity contribution in [2.45, 2.75) is 13.5 Å². The molecule has 0 bridgehead atoms. The maximum Gasteiger partial charge on any atom is 0.186 e. The van der Waals surface area contributed by atoms with Crippen LogP contribution in [-0.2, 0) is 6.54 Å². The van der Waals surface area contributed by atoms with Gasteiger partial charge in [0.25, 0.3) is 0 Å². The van der Waals surface area contributed by atoms with Crippen molar-refractivity contribution in [1.29, 1.82) is 0 Å². The summed E-state index contributed by atoms with van der Waals surface area (Å²) in [5.74, 6) is 0. The number of halogens is 1. The first-order chi connectivity index (χ1) is 7.66. The number of hydrogen-bond donors (Lipinski definition) is 0. The molecule has 84 valence electrons. The van der Waals surface area contributed by atoms with Crippen LogP contribution in [0, 0.1) is 6.92 Å². The van der Waals surface area contributed by atoms with Gasteiger partial charge in [0.1, 0.15) is 4.60 Å². The van der Waals surface area contributed by atoms with Crippen LogP contribution in [0.25, 0.3) is 0 Å². The topological polar surface area (TPSA) is 16.1 Å². The Morgan fingerprint density at radius 1 is 1.38 bits per heavy atom. The van der Waals surface area contributed by atoms with E-state index in [1.807, 2.05) is 5.38 Å². The molecule has 0 spiro atoms. The minimum Gasteiger partial charge on any atom is -0.347 e. The van der Waals surface area contributed by atoms with E-state index in [9.17, 15) is 0 Å². The Kier molecular flexibility index (Phi) is 3.61. The van der Waals surface area contributed by atoms with Gasteiger partial charge in [-0.1, -0.05) is 24.3 Å². The van der Waals surface area contributed by atoms with Crippen molar-refractivity contribution >= 4 is 32.4 Å². The number of nitrogens with zero attached hydrogens (tertiary/aromatic N) is 2. The minimum atomic E-state index is 0.895. The molecule has 0 amide bonds. The third-order valence-corrected chi connectivity index (χ3v) is 4.12. The standard InChI is InChI=1S/C12H13BrN2S/c1-9-5-3-4-6-10(9)7-15(2)12-14-11(13)8-16-12/h3-6,8H,7H2,1-2H3. The van der Waals surface area contributed by atoms with Gasteiger partial charge in [0.2, 0.25) is 0 Å². The van der Waals surface area contributed by atoms with Gasteiger partial charge in [-0.2, -0.15) is 0 Å². The van der Waals surface area contributed by atoms with Gasteiger partial charge in [-0.25, -0.2) is 4.98 Å². The predicted octanol–water partition coefficient (Wildman–Crippen LogP) is 3.85. The van der Waals surface area contributed by atoms with E-state index in [0.29, 0.717) is 0 Å². The molecular weight excluding hydrogens is 284 g/mol. The van der Waals surface area contributed by atoms with E-state index in [1.165, 1.54) is 11.1 Å². The van der Waals surface area contributed by atoms with Crippen molar-refractivity contribution in [3.63, 3.8) is 0 Å². The molecule has 2 nitrogen and oxygen atoms in total. The average molecular weight is 297 g/mol. The Labute approximate surface area is 108 Å². The normalized spacial score (nSPS) is 10.4. The summed E-state index contributed by atoms with van der Waals surface area (Å²) in [7, 11) is 2.07. The molecule has 0 fully saturated rings. The second-order valence-corrected chi connectivity index (χ2v) is 5.38. The zero-order valence-corrected chi connectivity index (χ0v) is 11.7. The van der Waals surface area contributed by atoms with Gasteiger partial charge < -0.3 is 4.90 Å². The molecule has 0 aliphatic carbocycles. The molecule has 0 atom stereocenters. The molecule has 0 aliphatic rings. The van der Waals surface area contributed by atoms with Crippen LogP contribution in [-0.4, -0.2) is 12.0 Å². The Hall–Kier alpha value is -0.870. The van der Waals surface area contributed by atoms with Crippen LogP contribution in [0.1, 0.15) is 11.1 Å². The van der Waals surface area contributed by atoms with Crippen molar-refractivity contribution in [3.8, 4) is 0 Å². The molecule has 2 rings (SSSR count). The van der Waals surface area contributed by atoms with E-state index in [1.54, 1.807) is 11.3 Å². The second-order valence-electron chi connectivity index (χ2n) is 3.74. The molecule has 0 aliphatic heterocycles. The van der Waals surface area contributed by atoms with Gasteiger partial charge in [0.15, 0.2) is 5.13 Å². The summed E-state index contributed by atoms with van der Waals surface area (Å²) in [4.78, 5) is 6.56. The van der Waals surface area contributed by atoms with E-state index >= 15 is 0 Å². The molecule has 2 aromatic rings. The molecule has 4 heteroatoms. The highest BCUT2D eigenvalue weighted by Crippen LogP contribution is 2.24. The summed E-state index contributed by atoms with van der Waals surface area (Å²) in [6, 6.07) is 8.45. The molecule has 0 radical (unpaired) electrons. The monoisotopic (exact) mass is 296 g/mol. The van der Waals surface area contributed by atoms with Crippen LogP contribution in [0.5, 0.6) is 0 Å². The smallest absolute Gasteiger partial charge is 0.186 e. The first kappa shape index (κ1) is 11.6. The zero-order chi connectivity index (χ0) is 11.5. The summed E-state index contributed by atoms with van der Waals surface area (Å²) in [5.41, 5.74) is 2.67. The van der Waals surface area contributed by atoms with Crippen molar-refractivity contribution in [1.82, 2.24) is 4.98 Å². The highest BCUT2D eigenvalue weighted by Gasteiger charge is 2.07. The number of rotatable bonds is 3. The highest BCUT2D eigenvalue weighted by molar-refractivity contribution is 9.10. The number of aromatic nitrogens is 1. The fourth-order valence-electron chi connectivity index (χ4n) is 1.53. The first-order valence-corrected chi connectivity index (χ1v) is 6.71. The second kappa shape index (κ2) is 4.97. The Morgan fingerprint density at radius 2 is 2.12 bits per heavy atom. The maximum atomic E-state index is 4.40. The number of anilines is 1. The van der Waals surface area contributed by atoms with Gasteiger partial charge in [-0.05, 0) is 34.0 Å². The van der Waals surface area contributed by atoms with Crippen LogP contribution < -0.4 is 4.90 Å². The van der Waals surface area contributed by atoms with Crippen molar-refractivity contribution < 1.29 is 0 Å². The maximum absolute atomic E-state index is 4.40. The Bertz CT molecular complexity index is 481. The van der Waals surface area contributed by atoms with Crippen LogP contribution in [0.4, 0.5) is 5.13 Å². The largest absolute Gasteiger partial charge is 0.347 e. The average Bonchev–Trinajstić information content (AvgIpc) is 2.68. The quantitative estimate of drug-likeness (QED) is 0.855. The lowest BCUT2D eigenvalue weighted by atomic mass is 10.1. The molecule has 0 unspecified atom stereocenters. The molecule has 0 saturated carbocycles. The summed E-state index contributed by atoms with van der Waals surface area (Å²) >= 11 is 5.02. The molecular formula is C12H13BrN2S. The zero-order valence-electron chi connectivity index (χ0n) is 9.27. The number of aryl methyl sites for hydroxylation is 1. The highest BCUT2D eigenvalue weighted by atomic mass is 79.9. The number of benzene rings is 1. The fourth-order valence-corrected chi connectivity index (χ4v) is 2.75. The van der Waals surface area contributed by atoms with Crippen molar-refractivity contribution in [2.75, 3.05) is 11.9 Å². The van der Waals surface area contributed by atoms with E-state index in [2.05, 4.69) is 64.1 Å². The number of hydrogen-bond acceptors (Lipinski definition) is 3. The van der Waals surface area contributed by atoms with Crippen LogP contribution >= 0.6 is 27.3 Å². The minimum absolute atomic E-state index is 0.895. The predicted molar refractivity (Wildman–Crippen MR) is 73.1 cm³/mol. The lowest BCUT2D eigenvalue weighted by Gasteiger charge is -2.16. The van der Waals surface area contributed by atoms with Gasteiger partial charge >= 0.3 is 0 Å². The summed E-state index contributed by atoms with van der Waals surface area (Å²) in [5, 5.41) is 3.04. The van der Waals surface area contributed by atoms with Gasteiger partial charge in [0, 0.05) is 19.0 Å². The van der Waals surface area contributed by atoms with E-state index < -0.39 is 0 Å². The first-order valence-electron chi connectivity index (χ1n) is 5.03. The molecule has 16 heavy (non-hydrogen) atoms. The SMILES string of the molecule is Cc1ccccc1CN(C)c1nc(Br)cs1. The van der Waals surface area contributed by atoms with Crippen molar-refractivity contribution in [2.24, 2.45) is 0 Å². The summed E-state index contributed by atoms with van der Waals surface area (Å²) in [6.45, 7) is 3.04. The Balaban J connectivity index is 2.13. The van der Waals surface area contributed by atoms with Crippen LogP contribution in [0.15, 0.2) is 34.2 Å². The van der Waals surface area contributed by atoms with Crippen LogP contribution in [0.2, 0.25) is 0 Å². The van der Waals surface area contributed by atoms with Gasteiger partial charge in [-0.3, -0.25) is 0 Å². The van der Waals surface area contributed by atoms with E-state index in [-0.39, 0.29) is 0 Å². The lowest BCUT2D eigenvalue weighted by molar-refractivity contribution is 0.905. The molecule has 0 N–H and O–H groups in total. The number of thiazole rings is 1. The van der Waals surface area contributed by atoms with Crippen molar-refractivity contribution in [3.05, 3.63) is 45.4 Å². The molecule has 1 aromatic heterocycles. The molecule has 1 heterocycles. The summed E-state index contributed by atoms with van der Waals surface area (Å²) < 4.78 is 0.907. The fraction of sp³-hybridized carbons (Fsp3) is 0.250. The van der Waals surface area contributed by atoms with Crippen LogP contribution in [0.3, 0.4) is 0 Å². The molecule has 1 aromatic carbocycles. The lowest BCUT2D eigenvalue weighted by Crippen LogP contribution is -2.16. The molecule has 0 saturated heterocycles. The third kappa shape index (κ3) is 2.62. The third-order valence-electron chi connectivity index (χ3n) is 2.46. The summed E-state index contributed by atoms with van der Waals surface area (Å²) in [6.07, 6.45) is 0. The van der Waals surface area contributed by atoms with E-state index in [4.69, 9.17) is 0 Å². The Morgan fingerprint density at radius 3 is 2.75 bits per heavy atom. The van der Waals surface area contributed by atoms with Gasteiger partial charge in [-0.15, -0.1) is 11.3 Å². The van der Waals surface area contributed by atoms with Gasteiger partial charge in [0.05, 0.1) is 0 Å².